The Morgan fingerprint density at radius 1 is 1.44 bits per heavy atom. The highest BCUT2D eigenvalue weighted by molar-refractivity contribution is 7.07. The third kappa shape index (κ3) is 4.08. The first-order valence-corrected chi connectivity index (χ1v) is 8.10. The largest absolute Gasteiger partial charge is 0.389 e. The van der Waals surface area contributed by atoms with Crippen molar-refractivity contribution in [2.75, 3.05) is 13.1 Å². The van der Waals surface area contributed by atoms with Gasteiger partial charge >= 0.3 is 0 Å². The summed E-state index contributed by atoms with van der Waals surface area (Å²) in [6.45, 7) is 3.98. The van der Waals surface area contributed by atoms with Crippen molar-refractivity contribution in [2.45, 2.75) is 51.0 Å². The maximum atomic E-state index is 10.5. The normalized spacial score (nSPS) is 28.4. The lowest BCUT2D eigenvalue weighted by atomic mass is 9.78. The molecular weight excluding hydrogens is 242 g/mol. The molecule has 1 fully saturated rings. The molecule has 1 saturated carbocycles. The minimum absolute atomic E-state index is 0.444. The first-order chi connectivity index (χ1) is 8.72. The number of nitrogens with one attached hydrogen (secondary N) is 1. The van der Waals surface area contributed by atoms with Gasteiger partial charge in [-0.05, 0) is 67.0 Å². The Morgan fingerprint density at radius 2 is 2.22 bits per heavy atom. The fraction of sp³-hybridized carbons (Fsp3) is 0.733. The van der Waals surface area contributed by atoms with Crippen molar-refractivity contribution in [1.29, 1.82) is 0 Å². The molecule has 2 nitrogen and oxygen atoms in total. The molecule has 1 aromatic rings. The Kier molecular flexibility index (Phi) is 5.22. The lowest BCUT2D eigenvalue weighted by molar-refractivity contribution is -0.00835. The average molecular weight is 267 g/mol. The molecule has 0 bridgehead atoms. The van der Waals surface area contributed by atoms with Crippen molar-refractivity contribution in [3.8, 4) is 0 Å². The van der Waals surface area contributed by atoms with E-state index in [1.165, 1.54) is 24.8 Å². The molecule has 0 spiro atoms. The van der Waals surface area contributed by atoms with Crippen molar-refractivity contribution < 1.29 is 5.11 Å². The average Bonchev–Trinajstić information content (AvgIpc) is 2.89. The van der Waals surface area contributed by atoms with Crippen LogP contribution in [-0.4, -0.2) is 23.8 Å². The SMILES string of the molecule is CCC1CCC(O)(CNCCc2ccsc2)CC1. The third-order valence-electron chi connectivity index (χ3n) is 4.24. The van der Waals surface area contributed by atoms with E-state index >= 15 is 0 Å². The van der Waals surface area contributed by atoms with E-state index in [4.69, 9.17) is 0 Å². The Bertz CT molecular complexity index is 328. The van der Waals surface area contributed by atoms with Crippen LogP contribution in [0.4, 0.5) is 0 Å². The van der Waals surface area contributed by atoms with Crippen LogP contribution in [0.1, 0.15) is 44.6 Å². The van der Waals surface area contributed by atoms with E-state index in [9.17, 15) is 5.11 Å². The summed E-state index contributed by atoms with van der Waals surface area (Å²) in [4.78, 5) is 0. The molecule has 102 valence electrons. The summed E-state index contributed by atoms with van der Waals surface area (Å²) in [5.41, 5.74) is 0.953. The van der Waals surface area contributed by atoms with Gasteiger partial charge in [0, 0.05) is 6.54 Å². The molecule has 3 heteroatoms. The Balaban J connectivity index is 1.64. The van der Waals surface area contributed by atoms with Crippen LogP contribution in [0.15, 0.2) is 16.8 Å². The molecule has 0 unspecified atom stereocenters. The summed E-state index contributed by atoms with van der Waals surface area (Å²) in [6, 6.07) is 2.17. The van der Waals surface area contributed by atoms with Gasteiger partial charge in [0.1, 0.15) is 0 Å². The second-order valence-corrected chi connectivity index (χ2v) is 6.41. The van der Waals surface area contributed by atoms with E-state index in [0.717, 1.165) is 38.3 Å². The van der Waals surface area contributed by atoms with Crippen molar-refractivity contribution >= 4 is 11.3 Å². The van der Waals surface area contributed by atoms with Crippen LogP contribution >= 0.6 is 11.3 Å². The summed E-state index contributed by atoms with van der Waals surface area (Å²) >= 11 is 1.75. The summed E-state index contributed by atoms with van der Waals surface area (Å²) in [5.74, 6) is 0.844. The molecule has 2 rings (SSSR count). The van der Waals surface area contributed by atoms with Crippen molar-refractivity contribution in [1.82, 2.24) is 5.32 Å². The molecule has 0 radical (unpaired) electrons. The van der Waals surface area contributed by atoms with E-state index in [2.05, 4.69) is 29.1 Å². The van der Waals surface area contributed by atoms with E-state index in [1.807, 2.05) is 0 Å². The van der Waals surface area contributed by atoms with Gasteiger partial charge in [0.25, 0.3) is 0 Å². The number of rotatable bonds is 6. The highest BCUT2D eigenvalue weighted by atomic mass is 32.1. The van der Waals surface area contributed by atoms with Gasteiger partial charge in [-0.3, -0.25) is 0 Å². The van der Waals surface area contributed by atoms with Crippen molar-refractivity contribution in [2.24, 2.45) is 5.92 Å². The van der Waals surface area contributed by atoms with Crippen LogP contribution < -0.4 is 5.32 Å². The molecule has 2 N–H and O–H groups in total. The number of hydrogen-bond acceptors (Lipinski definition) is 3. The number of aliphatic hydroxyl groups is 1. The van der Waals surface area contributed by atoms with E-state index in [0.29, 0.717) is 0 Å². The zero-order valence-corrected chi connectivity index (χ0v) is 12.1. The molecule has 0 aliphatic heterocycles. The Labute approximate surface area is 114 Å². The lowest BCUT2D eigenvalue weighted by Gasteiger charge is -2.36. The van der Waals surface area contributed by atoms with Gasteiger partial charge in [-0.25, -0.2) is 0 Å². The van der Waals surface area contributed by atoms with Gasteiger partial charge in [0.15, 0.2) is 0 Å². The smallest absolute Gasteiger partial charge is 0.0771 e. The Morgan fingerprint density at radius 3 is 2.83 bits per heavy atom. The van der Waals surface area contributed by atoms with Crippen LogP contribution in [0, 0.1) is 5.92 Å². The summed E-state index contributed by atoms with van der Waals surface area (Å²) in [7, 11) is 0. The summed E-state index contributed by atoms with van der Waals surface area (Å²) in [5, 5.41) is 18.2. The fourth-order valence-electron chi connectivity index (χ4n) is 2.79. The van der Waals surface area contributed by atoms with Gasteiger partial charge in [0.05, 0.1) is 5.60 Å². The van der Waals surface area contributed by atoms with E-state index < -0.39 is 5.60 Å². The van der Waals surface area contributed by atoms with Crippen molar-refractivity contribution in [3.63, 3.8) is 0 Å². The van der Waals surface area contributed by atoms with Crippen LogP contribution in [0.2, 0.25) is 0 Å². The molecule has 1 aromatic heterocycles. The molecule has 18 heavy (non-hydrogen) atoms. The maximum Gasteiger partial charge on any atom is 0.0771 e. The number of hydrogen-bond donors (Lipinski definition) is 2. The van der Waals surface area contributed by atoms with Gasteiger partial charge in [-0.15, -0.1) is 0 Å². The zero-order valence-electron chi connectivity index (χ0n) is 11.3. The molecular formula is C15H25NOS. The van der Waals surface area contributed by atoms with Gasteiger partial charge in [0.2, 0.25) is 0 Å². The van der Waals surface area contributed by atoms with E-state index in [-0.39, 0.29) is 0 Å². The van der Waals surface area contributed by atoms with Gasteiger partial charge in [-0.1, -0.05) is 13.3 Å². The lowest BCUT2D eigenvalue weighted by Crippen LogP contribution is -2.44. The molecule has 0 saturated heterocycles. The highest BCUT2D eigenvalue weighted by Crippen LogP contribution is 2.33. The second-order valence-electron chi connectivity index (χ2n) is 5.63. The number of thiophene rings is 1. The van der Waals surface area contributed by atoms with Crippen LogP contribution in [-0.2, 0) is 6.42 Å². The predicted molar refractivity (Wildman–Crippen MR) is 78.1 cm³/mol. The zero-order chi connectivity index (χ0) is 12.8. The summed E-state index contributed by atoms with van der Waals surface area (Å²) < 4.78 is 0. The quantitative estimate of drug-likeness (QED) is 0.776. The molecule has 1 heterocycles. The molecule has 0 atom stereocenters. The van der Waals surface area contributed by atoms with Crippen LogP contribution in [0.5, 0.6) is 0 Å². The van der Waals surface area contributed by atoms with Crippen LogP contribution in [0.3, 0.4) is 0 Å². The maximum absolute atomic E-state index is 10.5. The van der Waals surface area contributed by atoms with Crippen molar-refractivity contribution in [3.05, 3.63) is 22.4 Å². The third-order valence-corrected chi connectivity index (χ3v) is 4.97. The van der Waals surface area contributed by atoms with Gasteiger partial charge in [-0.2, -0.15) is 11.3 Å². The minimum Gasteiger partial charge on any atom is -0.389 e. The Hall–Kier alpha value is -0.380. The second kappa shape index (κ2) is 6.69. The molecule has 0 aromatic carbocycles. The fourth-order valence-corrected chi connectivity index (χ4v) is 3.49. The first kappa shape index (κ1) is 14.0. The molecule has 1 aliphatic rings. The topological polar surface area (TPSA) is 32.3 Å². The predicted octanol–water partition coefficient (Wildman–Crippen LogP) is 3.21. The first-order valence-electron chi connectivity index (χ1n) is 7.16. The molecule has 1 aliphatic carbocycles. The minimum atomic E-state index is -0.444. The summed E-state index contributed by atoms with van der Waals surface area (Å²) in [6.07, 6.45) is 6.66. The van der Waals surface area contributed by atoms with Gasteiger partial charge < -0.3 is 10.4 Å². The molecule has 0 amide bonds. The standard InChI is InChI=1S/C15H25NOS/c1-2-13-3-7-15(17,8-4-13)12-16-9-5-14-6-10-18-11-14/h6,10-11,13,16-17H,2-5,7-9,12H2,1H3. The monoisotopic (exact) mass is 267 g/mol. The highest BCUT2D eigenvalue weighted by Gasteiger charge is 2.31. The van der Waals surface area contributed by atoms with E-state index in [1.54, 1.807) is 11.3 Å². The van der Waals surface area contributed by atoms with Crippen LogP contribution in [0.25, 0.3) is 0 Å².